The fourth-order valence-corrected chi connectivity index (χ4v) is 2.43. The Morgan fingerprint density at radius 1 is 1.25 bits per heavy atom. The second-order valence-electron chi connectivity index (χ2n) is 4.93. The number of nitrogens with zero attached hydrogens (tertiary/aromatic N) is 3. The summed E-state index contributed by atoms with van der Waals surface area (Å²) in [5.74, 6) is 0.472. The molecule has 2 fully saturated rings. The molecule has 0 radical (unpaired) electrons. The molecule has 1 aromatic heterocycles. The van der Waals surface area contributed by atoms with Crippen LogP contribution in [-0.4, -0.2) is 34.2 Å². The van der Waals surface area contributed by atoms with E-state index in [-0.39, 0.29) is 0 Å². The fourth-order valence-electron chi connectivity index (χ4n) is 2.43. The quantitative estimate of drug-likeness (QED) is 0.805. The molecule has 0 unspecified atom stereocenters. The number of hydrogen-bond donors (Lipinski definition) is 1. The van der Waals surface area contributed by atoms with Gasteiger partial charge in [-0.15, -0.1) is 5.10 Å². The van der Waals surface area contributed by atoms with E-state index in [1.165, 1.54) is 0 Å². The van der Waals surface area contributed by atoms with Gasteiger partial charge in [-0.25, -0.2) is 4.68 Å². The first kappa shape index (κ1) is 10.2. The first-order chi connectivity index (χ1) is 7.83. The summed E-state index contributed by atoms with van der Waals surface area (Å²) in [5.41, 5.74) is 6.98. The van der Waals surface area contributed by atoms with E-state index in [1.54, 1.807) is 0 Å². The molecule has 0 spiro atoms. The van der Waals surface area contributed by atoms with E-state index in [1.807, 2.05) is 4.68 Å². The van der Waals surface area contributed by atoms with Crippen molar-refractivity contribution in [2.75, 3.05) is 13.2 Å². The fraction of sp³-hybridized carbons (Fsp3) is 0.818. The van der Waals surface area contributed by atoms with Crippen LogP contribution in [-0.2, 0) is 4.74 Å². The van der Waals surface area contributed by atoms with Crippen molar-refractivity contribution in [3.63, 3.8) is 0 Å². The highest BCUT2D eigenvalue weighted by molar-refractivity contribution is 5.05. The Labute approximate surface area is 95.0 Å². The molecule has 3 rings (SSSR count). The van der Waals surface area contributed by atoms with Crippen molar-refractivity contribution in [1.82, 2.24) is 15.0 Å². The molecule has 2 N–H and O–H groups in total. The van der Waals surface area contributed by atoms with Crippen LogP contribution >= 0.6 is 0 Å². The van der Waals surface area contributed by atoms with Crippen molar-refractivity contribution in [3.05, 3.63) is 11.9 Å². The Morgan fingerprint density at radius 3 is 2.62 bits per heavy atom. The lowest BCUT2D eigenvalue weighted by atomic mass is 9.92. The van der Waals surface area contributed by atoms with Crippen LogP contribution in [0, 0.1) is 0 Å². The van der Waals surface area contributed by atoms with E-state index in [0.29, 0.717) is 18.0 Å². The molecule has 88 valence electrons. The normalized spacial score (nSPS) is 31.3. The van der Waals surface area contributed by atoms with Gasteiger partial charge < -0.3 is 10.5 Å². The maximum Gasteiger partial charge on any atom is 0.0904 e. The average Bonchev–Trinajstić information content (AvgIpc) is 2.65. The van der Waals surface area contributed by atoms with Crippen LogP contribution in [0.4, 0.5) is 0 Å². The van der Waals surface area contributed by atoms with Gasteiger partial charge in [0, 0.05) is 12.2 Å². The lowest BCUT2D eigenvalue weighted by Gasteiger charge is -2.26. The molecule has 5 heteroatoms. The van der Waals surface area contributed by atoms with Gasteiger partial charge in [0.25, 0.3) is 0 Å². The van der Waals surface area contributed by atoms with Gasteiger partial charge in [-0.3, -0.25) is 0 Å². The molecule has 0 bridgehead atoms. The molecule has 1 aliphatic carbocycles. The van der Waals surface area contributed by atoms with Crippen LogP contribution in [0.2, 0.25) is 0 Å². The SMILES string of the molecule is NC1CCC(n2cc(C3COC3)nn2)CC1. The highest BCUT2D eigenvalue weighted by Crippen LogP contribution is 2.28. The summed E-state index contributed by atoms with van der Waals surface area (Å²) in [6, 6.07) is 0.890. The Kier molecular flexibility index (Phi) is 2.65. The van der Waals surface area contributed by atoms with Crippen molar-refractivity contribution in [3.8, 4) is 0 Å². The Morgan fingerprint density at radius 2 is 2.00 bits per heavy atom. The number of hydrogen-bond acceptors (Lipinski definition) is 4. The third kappa shape index (κ3) is 1.85. The summed E-state index contributed by atoms with van der Waals surface area (Å²) < 4.78 is 7.19. The van der Waals surface area contributed by atoms with Gasteiger partial charge in [0.15, 0.2) is 0 Å². The van der Waals surface area contributed by atoms with E-state index in [0.717, 1.165) is 44.6 Å². The molecular formula is C11H18N4O. The standard InChI is InChI=1S/C11H18N4O/c12-9-1-3-10(4-2-9)15-5-11(13-14-15)8-6-16-7-8/h5,8-10H,1-4,6-7,12H2. The summed E-state index contributed by atoms with van der Waals surface area (Å²) in [6.07, 6.45) is 6.56. The smallest absolute Gasteiger partial charge is 0.0904 e. The summed E-state index contributed by atoms with van der Waals surface area (Å²) in [5, 5.41) is 8.47. The molecule has 2 heterocycles. The first-order valence-electron chi connectivity index (χ1n) is 6.08. The molecule has 16 heavy (non-hydrogen) atoms. The molecule has 1 saturated carbocycles. The minimum Gasteiger partial charge on any atom is -0.380 e. The largest absolute Gasteiger partial charge is 0.380 e. The monoisotopic (exact) mass is 222 g/mol. The summed E-state index contributed by atoms with van der Waals surface area (Å²) in [4.78, 5) is 0. The van der Waals surface area contributed by atoms with Gasteiger partial charge in [-0.2, -0.15) is 0 Å². The zero-order chi connectivity index (χ0) is 11.0. The van der Waals surface area contributed by atoms with Gasteiger partial charge in [-0.05, 0) is 25.7 Å². The zero-order valence-corrected chi connectivity index (χ0v) is 9.38. The van der Waals surface area contributed by atoms with E-state index in [9.17, 15) is 0 Å². The van der Waals surface area contributed by atoms with Gasteiger partial charge in [0.1, 0.15) is 0 Å². The van der Waals surface area contributed by atoms with Crippen molar-refractivity contribution in [1.29, 1.82) is 0 Å². The van der Waals surface area contributed by atoms with Gasteiger partial charge in [-0.1, -0.05) is 5.21 Å². The van der Waals surface area contributed by atoms with E-state index in [4.69, 9.17) is 10.5 Å². The number of ether oxygens (including phenoxy) is 1. The third-order valence-electron chi connectivity index (χ3n) is 3.70. The van der Waals surface area contributed by atoms with Crippen LogP contribution in [0.1, 0.15) is 43.3 Å². The lowest BCUT2D eigenvalue weighted by molar-refractivity contribution is 0.00665. The van der Waals surface area contributed by atoms with Crippen molar-refractivity contribution >= 4 is 0 Å². The van der Waals surface area contributed by atoms with E-state index in [2.05, 4.69) is 16.5 Å². The number of rotatable bonds is 2. The molecule has 2 aliphatic rings. The summed E-state index contributed by atoms with van der Waals surface area (Å²) in [7, 11) is 0. The van der Waals surface area contributed by atoms with E-state index >= 15 is 0 Å². The Balaban J connectivity index is 1.67. The Bertz CT molecular complexity index is 353. The third-order valence-corrected chi connectivity index (χ3v) is 3.70. The molecular weight excluding hydrogens is 204 g/mol. The lowest BCUT2D eigenvalue weighted by Crippen LogP contribution is -2.28. The highest BCUT2D eigenvalue weighted by Gasteiger charge is 2.26. The second-order valence-corrected chi connectivity index (χ2v) is 4.93. The van der Waals surface area contributed by atoms with Crippen LogP contribution < -0.4 is 5.73 Å². The van der Waals surface area contributed by atoms with Gasteiger partial charge in [0.2, 0.25) is 0 Å². The van der Waals surface area contributed by atoms with Crippen molar-refractivity contribution in [2.24, 2.45) is 5.73 Å². The summed E-state index contributed by atoms with van der Waals surface area (Å²) in [6.45, 7) is 1.60. The molecule has 1 saturated heterocycles. The first-order valence-corrected chi connectivity index (χ1v) is 6.08. The second kappa shape index (κ2) is 4.14. The van der Waals surface area contributed by atoms with E-state index < -0.39 is 0 Å². The Hall–Kier alpha value is -0.940. The molecule has 1 aliphatic heterocycles. The molecule has 0 atom stereocenters. The summed E-state index contributed by atoms with van der Waals surface area (Å²) >= 11 is 0. The van der Waals surface area contributed by atoms with Crippen LogP contribution in [0.5, 0.6) is 0 Å². The van der Waals surface area contributed by atoms with Gasteiger partial charge >= 0.3 is 0 Å². The highest BCUT2D eigenvalue weighted by atomic mass is 16.5. The minimum absolute atomic E-state index is 0.388. The predicted octanol–water partition coefficient (Wildman–Crippen LogP) is 0.834. The van der Waals surface area contributed by atoms with Crippen molar-refractivity contribution in [2.45, 2.75) is 43.7 Å². The zero-order valence-electron chi connectivity index (χ0n) is 9.38. The van der Waals surface area contributed by atoms with Crippen LogP contribution in [0.15, 0.2) is 6.20 Å². The number of nitrogens with two attached hydrogens (primary N) is 1. The van der Waals surface area contributed by atoms with Crippen molar-refractivity contribution < 1.29 is 4.74 Å². The number of aromatic nitrogens is 3. The molecule has 1 aromatic rings. The van der Waals surface area contributed by atoms with Crippen LogP contribution in [0.3, 0.4) is 0 Å². The predicted molar refractivity (Wildman–Crippen MR) is 59.1 cm³/mol. The van der Waals surface area contributed by atoms with Gasteiger partial charge in [0.05, 0.1) is 30.9 Å². The maximum absolute atomic E-state index is 5.90. The molecule has 0 amide bonds. The molecule has 0 aromatic carbocycles. The average molecular weight is 222 g/mol. The van der Waals surface area contributed by atoms with Crippen LogP contribution in [0.25, 0.3) is 0 Å². The topological polar surface area (TPSA) is 66.0 Å². The minimum atomic E-state index is 0.388. The molecule has 5 nitrogen and oxygen atoms in total. The maximum atomic E-state index is 5.90.